The molecule has 0 fully saturated rings. The van der Waals surface area contributed by atoms with E-state index >= 15 is 0 Å². The van der Waals surface area contributed by atoms with Gasteiger partial charge in [0, 0.05) is 10.3 Å². The number of alkyl halides is 3. The Morgan fingerprint density at radius 2 is 1.94 bits per heavy atom. The van der Waals surface area contributed by atoms with Crippen LogP contribution in [0.4, 0.5) is 13.2 Å². The maximum absolute atomic E-state index is 12.4. The molecule has 0 unspecified atom stereocenters. The van der Waals surface area contributed by atoms with Crippen LogP contribution in [0.5, 0.6) is 0 Å². The van der Waals surface area contributed by atoms with Gasteiger partial charge in [0.05, 0.1) is 11.5 Å². The molecule has 0 amide bonds. The molecule has 1 heterocycles. The molecule has 2 rings (SSSR count). The number of aliphatic hydroxyl groups excluding tert-OH is 1. The number of rotatable bonds is 2. The van der Waals surface area contributed by atoms with Gasteiger partial charge < -0.3 is 5.11 Å². The molecule has 6 heteroatoms. The molecule has 2 nitrogen and oxygen atoms in total. The first-order chi connectivity index (χ1) is 7.95. The Kier molecular flexibility index (Phi) is 2.92. The Labute approximate surface area is 98.3 Å². The smallest absolute Gasteiger partial charge is 0.392 e. The molecule has 2 aromatic rings. The van der Waals surface area contributed by atoms with Crippen molar-refractivity contribution < 1.29 is 23.1 Å². The summed E-state index contributed by atoms with van der Waals surface area (Å²) in [6.07, 6.45) is -4.91. The maximum atomic E-state index is 12.4. The molecule has 1 aromatic carbocycles. The van der Waals surface area contributed by atoms with Crippen LogP contribution in [0.1, 0.15) is 15.2 Å². The number of Topliss-reactive ketones (excluding diaryl/α,β-unsaturated/α-hetero) is 1. The summed E-state index contributed by atoms with van der Waals surface area (Å²) in [5, 5.41) is 9.60. The van der Waals surface area contributed by atoms with Crippen molar-refractivity contribution in [3.63, 3.8) is 0 Å². The summed E-state index contributed by atoms with van der Waals surface area (Å²) in [7, 11) is 0. The van der Waals surface area contributed by atoms with Crippen LogP contribution in [0.15, 0.2) is 24.3 Å². The van der Waals surface area contributed by atoms with Gasteiger partial charge in [0.15, 0.2) is 0 Å². The zero-order chi connectivity index (χ0) is 12.6. The third-order valence-corrected chi connectivity index (χ3v) is 3.53. The van der Waals surface area contributed by atoms with Crippen LogP contribution >= 0.6 is 11.3 Å². The Morgan fingerprint density at radius 1 is 1.29 bits per heavy atom. The number of fused-ring (bicyclic) bond motifs is 1. The molecule has 0 aliphatic heterocycles. The van der Waals surface area contributed by atoms with Gasteiger partial charge in [-0.05, 0) is 11.5 Å². The van der Waals surface area contributed by atoms with Crippen LogP contribution in [0.3, 0.4) is 0 Å². The first-order valence-electron chi connectivity index (χ1n) is 4.68. The average molecular weight is 260 g/mol. The van der Waals surface area contributed by atoms with E-state index in [-0.39, 0.29) is 5.56 Å². The van der Waals surface area contributed by atoms with Crippen LogP contribution in [-0.4, -0.2) is 17.1 Å². The first-order valence-corrected chi connectivity index (χ1v) is 5.49. The number of hydrogen-bond donors (Lipinski definition) is 1. The molecular formula is C11H7F3O2S. The quantitative estimate of drug-likeness (QED) is 0.842. The zero-order valence-electron chi connectivity index (χ0n) is 8.41. The Morgan fingerprint density at radius 3 is 2.53 bits per heavy atom. The monoisotopic (exact) mass is 260 g/mol. The van der Waals surface area contributed by atoms with E-state index in [0.717, 1.165) is 11.3 Å². The number of halogens is 3. The van der Waals surface area contributed by atoms with Crippen molar-refractivity contribution in [1.82, 2.24) is 0 Å². The lowest BCUT2D eigenvalue weighted by Gasteiger charge is -2.04. The summed E-state index contributed by atoms with van der Waals surface area (Å²) < 4.78 is 37.6. The Balaban J connectivity index is 2.66. The lowest BCUT2D eigenvalue weighted by atomic mass is 10.1. The zero-order valence-corrected chi connectivity index (χ0v) is 9.23. The van der Waals surface area contributed by atoms with E-state index in [1.54, 1.807) is 24.3 Å². The van der Waals surface area contributed by atoms with Crippen molar-refractivity contribution in [3.8, 4) is 0 Å². The fourth-order valence-electron chi connectivity index (χ4n) is 1.57. The van der Waals surface area contributed by atoms with Gasteiger partial charge in [0.25, 0.3) is 5.78 Å². The summed E-state index contributed by atoms with van der Waals surface area (Å²) in [4.78, 5) is 10.8. The van der Waals surface area contributed by atoms with Crippen LogP contribution in [0.2, 0.25) is 0 Å². The molecule has 1 N–H and O–H groups in total. The van der Waals surface area contributed by atoms with E-state index < -0.39 is 23.4 Å². The third-order valence-electron chi connectivity index (χ3n) is 2.32. The molecule has 0 spiro atoms. The highest BCUT2D eigenvalue weighted by Crippen LogP contribution is 2.35. The van der Waals surface area contributed by atoms with Crippen LogP contribution in [-0.2, 0) is 6.61 Å². The van der Waals surface area contributed by atoms with E-state index in [4.69, 9.17) is 5.11 Å². The van der Waals surface area contributed by atoms with Crippen molar-refractivity contribution in [2.75, 3.05) is 0 Å². The van der Waals surface area contributed by atoms with E-state index in [1.807, 2.05) is 0 Å². The van der Waals surface area contributed by atoms with Crippen molar-refractivity contribution in [2.45, 2.75) is 12.8 Å². The van der Waals surface area contributed by atoms with Crippen molar-refractivity contribution in [2.24, 2.45) is 0 Å². The van der Waals surface area contributed by atoms with Gasteiger partial charge in [-0.3, -0.25) is 4.79 Å². The molecule has 1 aromatic heterocycles. The Hall–Kier alpha value is -1.40. The highest BCUT2D eigenvalue weighted by Gasteiger charge is 2.41. The van der Waals surface area contributed by atoms with Gasteiger partial charge in [-0.1, -0.05) is 18.2 Å². The number of hydrogen-bond acceptors (Lipinski definition) is 3. The van der Waals surface area contributed by atoms with Gasteiger partial charge in [-0.2, -0.15) is 13.2 Å². The predicted molar refractivity (Wildman–Crippen MR) is 58.1 cm³/mol. The first kappa shape index (κ1) is 12.1. The van der Waals surface area contributed by atoms with Crippen LogP contribution in [0.25, 0.3) is 10.1 Å². The molecule has 0 bridgehead atoms. The summed E-state index contributed by atoms with van der Waals surface area (Å²) in [6.45, 7) is -0.582. The van der Waals surface area contributed by atoms with Crippen LogP contribution < -0.4 is 0 Å². The number of benzene rings is 1. The highest BCUT2D eigenvalue weighted by molar-refractivity contribution is 7.21. The van der Waals surface area contributed by atoms with Crippen molar-refractivity contribution >= 4 is 27.2 Å². The molecule has 0 aliphatic rings. The van der Waals surface area contributed by atoms with Gasteiger partial charge in [0.2, 0.25) is 0 Å². The highest BCUT2D eigenvalue weighted by atomic mass is 32.1. The fraction of sp³-hybridized carbons (Fsp3) is 0.182. The lowest BCUT2D eigenvalue weighted by molar-refractivity contribution is -0.0883. The summed E-state index contributed by atoms with van der Waals surface area (Å²) in [5.74, 6) is -1.90. The standard InChI is InChI=1S/C11H7F3O2S/c12-11(13,14)10(16)9-7(5-15)6-3-1-2-4-8(6)17-9/h1-4,15H,5H2. The number of carbonyl (C=O) groups excluding carboxylic acids is 1. The molecule has 0 radical (unpaired) electrons. The SMILES string of the molecule is O=C(c1sc2ccccc2c1CO)C(F)(F)F. The lowest BCUT2D eigenvalue weighted by Crippen LogP contribution is -2.22. The largest absolute Gasteiger partial charge is 0.455 e. The molecular weight excluding hydrogens is 253 g/mol. The topological polar surface area (TPSA) is 37.3 Å². The van der Waals surface area contributed by atoms with Gasteiger partial charge in [-0.15, -0.1) is 11.3 Å². The van der Waals surface area contributed by atoms with Gasteiger partial charge in [-0.25, -0.2) is 0 Å². The predicted octanol–water partition coefficient (Wildman–Crippen LogP) is 3.14. The second-order valence-electron chi connectivity index (χ2n) is 3.39. The summed E-state index contributed by atoms with van der Waals surface area (Å²) in [6, 6.07) is 6.52. The minimum Gasteiger partial charge on any atom is -0.392 e. The van der Waals surface area contributed by atoms with Gasteiger partial charge in [0.1, 0.15) is 0 Å². The van der Waals surface area contributed by atoms with Gasteiger partial charge >= 0.3 is 6.18 Å². The summed E-state index contributed by atoms with van der Waals surface area (Å²) >= 11 is 0.754. The molecule has 0 aliphatic carbocycles. The average Bonchev–Trinajstić information content (AvgIpc) is 2.64. The molecule has 0 atom stereocenters. The van der Waals surface area contributed by atoms with Crippen molar-refractivity contribution in [1.29, 1.82) is 0 Å². The van der Waals surface area contributed by atoms with Crippen molar-refractivity contribution in [3.05, 3.63) is 34.7 Å². The minimum absolute atomic E-state index is 0.0490. The maximum Gasteiger partial charge on any atom is 0.455 e. The minimum atomic E-state index is -4.91. The second kappa shape index (κ2) is 4.12. The van der Waals surface area contributed by atoms with E-state index in [2.05, 4.69) is 0 Å². The number of aliphatic hydroxyl groups is 1. The number of thiophene rings is 1. The van der Waals surface area contributed by atoms with E-state index in [9.17, 15) is 18.0 Å². The molecule has 0 saturated carbocycles. The Bertz CT molecular complexity index is 572. The summed E-state index contributed by atoms with van der Waals surface area (Å²) in [5.41, 5.74) is 0.0490. The normalized spacial score (nSPS) is 12.0. The van der Waals surface area contributed by atoms with Crippen LogP contribution in [0, 0.1) is 0 Å². The molecule has 90 valence electrons. The molecule has 0 saturated heterocycles. The van der Waals surface area contributed by atoms with E-state index in [0.29, 0.717) is 10.1 Å². The number of carbonyl (C=O) groups is 1. The fourth-order valence-corrected chi connectivity index (χ4v) is 2.74. The van der Waals surface area contributed by atoms with E-state index in [1.165, 1.54) is 0 Å². The molecule has 17 heavy (non-hydrogen) atoms. The third kappa shape index (κ3) is 2.05. The second-order valence-corrected chi connectivity index (χ2v) is 4.44. The number of ketones is 1.